The van der Waals surface area contributed by atoms with Crippen LogP contribution in [0.4, 0.5) is 0 Å². The predicted molar refractivity (Wildman–Crippen MR) is 58.6 cm³/mol. The number of aryl methyl sites for hydroxylation is 1. The van der Waals surface area contributed by atoms with Crippen molar-refractivity contribution in [1.82, 2.24) is 15.5 Å². The summed E-state index contributed by atoms with van der Waals surface area (Å²) in [5, 5.41) is 19.4. The van der Waals surface area contributed by atoms with Gasteiger partial charge in [0.2, 0.25) is 0 Å². The van der Waals surface area contributed by atoms with Crippen LogP contribution in [-0.4, -0.2) is 28.5 Å². The molecule has 0 amide bonds. The molecule has 1 heterocycles. The van der Waals surface area contributed by atoms with Gasteiger partial charge in [-0.3, -0.25) is 5.10 Å². The van der Waals surface area contributed by atoms with Gasteiger partial charge in [-0.15, -0.1) is 0 Å². The third-order valence-electron chi connectivity index (χ3n) is 2.95. The maximum absolute atomic E-state index is 8.65. The fourth-order valence-corrected chi connectivity index (χ4v) is 2.11. The number of fused-ring (bicyclic) bond motifs is 1. The molecule has 0 radical (unpaired) electrons. The maximum Gasteiger partial charge on any atom is 0.0794 e. The summed E-state index contributed by atoms with van der Waals surface area (Å²) in [6, 6.07) is 0. The van der Waals surface area contributed by atoms with Crippen LogP contribution in [0.15, 0.2) is 0 Å². The standard InChI is InChI=1S/C11H19N3O/c15-7-3-6-12-8-11-9-4-1-2-5-10(9)13-14-11/h12,15H,1-8H2,(H,13,14). The number of hydrogen-bond donors (Lipinski definition) is 3. The van der Waals surface area contributed by atoms with Crippen LogP contribution < -0.4 is 5.32 Å². The molecule has 0 aliphatic heterocycles. The van der Waals surface area contributed by atoms with Crippen LogP contribution in [0.1, 0.15) is 36.2 Å². The van der Waals surface area contributed by atoms with Crippen LogP contribution in [0.3, 0.4) is 0 Å². The summed E-state index contributed by atoms with van der Waals surface area (Å²) in [6.07, 6.45) is 5.71. The van der Waals surface area contributed by atoms with Gasteiger partial charge in [0.15, 0.2) is 0 Å². The summed E-state index contributed by atoms with van der Waals surface area (Å²) in [4.78, 5) is 0. The van der Waals surface area contributed by atoms with Gasteiger partial charge in [0, 0.05) is 18.8 Å². The van der Waals surface area contributed by atoms with Crippen molar-refractivity contribution < 1.29 is 5.11 Å². The fraction of sp³-hybridized carbons (Fsp3) is 0.727. The molecule has 0 fully saturated rings. The van der Waals surface area contributed by atoms with Gasteiger partial charge in [-0.25, -0.2) is 0 Å². The average molecular weight is 209 g/mol. The molecule has 1 aromatic rings. The van der Waals surface area contributed by atoms with Gasteiger partial charge < -0.3 is 10.4 Å². The van der Waals surface area contributed by atoms with E-state index in [0.29, 0.717) is 0 Å². The smallest absolute Gasteiger partial charge is 0.0794 e. The normalized spacial score (nSPS) is 15.3. The molecule has 4 nitrogen and oxygen atoms in total. The Morgan fingerprint density at radius 3 is 3.07 bits per heavy atom. The third-order valence-corrected chi connectivity index (χ3v) is 2.95. The summed E-state index contributed by atoms with van der Waals surface area (Å²) in [5.41, 5.74) is 3.93. The molecule has 0 atom stereocenters. The summed E-state index contributed by atoms with van der Waals surface area (Å²) >= 11 is 0. The third kappa shape index (κ3) is 2.58. The molecule has 0 aromatic carbocycles. The first kappa shape index (κ1) is 10.6. The Morgan fingerprint density at radius 1 is 1.33 bits per heavy atom. The highest BCUT2D eigenvalue weighted by Gasteiger charge is 2.15. The zero-order chi connectivity index (χ0) is 10.5. The Balaban J connectivity index is 1.88. The van der Waals surface area contributed by atoms with E-state index in [1.54, 1.807) is 0 Å². The van der Waals surface area contributed by atoms with Crippen molar-refractivity contribution >= 4 is 0 Å². The van der Waals surface area contributed by atoms with E-state index in [4.69, 9.17) is 5.11 Å². The van der Waals surface area contributed by atoms with Crippen molar-refractivity contribution in [3.63, 3.8) is 0 Å². The molecule has 1 aliphatic rings. The van der Waals surface area contributed by atoms with Crippen molar-refractivity contribution in [2.24, 2.45) is 0 Å². The van der Waals surface area contributed by atoms with E-state index in [1.807, 2.05) is 0 Å². The van der Waals surface area contributed by atoms with Crippen molar-refractivity contribution in [3.8, 4) is 0 Å². The first-order valence-corrected chi connectivity index (χ1v) is 5.78. The second-order valence-corrected chi connectivity index (χ2v) is 4.09. The van der Waals surface area contributed by atoms with Gasteiger partial charge >= 0.3 is 0 Å². The minimum absolute atomic E-state index is 0.256. The molecule has 0 bridgehead atoms. The monoisotopic (exact) mass is 209 g/mol. The van der Waals surface area contributed by atoms with Crippen LogP contribution >= 0.6 is 0 Å². The number of rotatable bonds is 5. The highest BCUT2D eigenvalue weighted by atomic mass is 16.3. The lowest BCUT2D eigenvalue weighted by molar-refractivity contribution is 0.286. The minimum Gasteiger partial charge on any atom is -0.396 e. The van der Waals surface area contributed by atoms with Crippen LogP contribution in [0.2, 0.25) is 0 Å². The van der Waals surface area contributed by atoms with Gasteiger partial charge in [0.25, 0.3) is 0 Å². The van der Waals surface area contributed by atoms with E-state index in [2.05, 4.69) is 15.5 Å². The molecule has 0 unspecified atom stereocenters. The van der Waals surface area contributed by atoms with Crippen molar-refractivity contribution in [2.45, 2.75) is 38.6 Å². The van der Waals surface area contributed by atoms with E-state index >= 15 is 0 Å². The molecule has 4 heteroatoms. The van der Waals surface area contributed by atoms with Crippen molar-refractivity contribution in [1.29, 1.82) is 0 Å². The molecule has 1 aliphatic carbocycles. The minimum atomic E-state index is 0.256. The second kappa shape index (κ2) is 5.28. The Hall–Kier alpha value is -0.870. The van der Waals surface area contributed by atoms with E-state index in [-0.39, 0.29) is 6.61 Å². The van der Waals surface area contributed by atoms with Crippen LogP contribution in [-0.2, 0) is 19.4 Å². The molecule has 0 spiro atoms. The second-order valence-electron chi connectivity index (χ2n) is 4.09. The quantitative estimate of drug-likeness (QED) is 0.627. The molecule has 84 valence electrons. The Morgan fingerprint density at radius 2 is 2.20 bits per heavy atom. The predicted octanol–water partition coefficient (Wildman–Crippen LogP) is 0.760. The lowest BCUT2D eigenvalue weighted by atomic mass is 9.96. The number of aliphatic hydroxyl groups excluding tert-OH is 1. The SMILES string of the molecule is OCCCNCc1n[nH]c2c1CCCC2. The highest BCUT2D eigenvalue weighted by Crippen LogP contribution is 2.21. The van der Waals surface area contributed by atoms with Crippen molar-refractivity contribution in [2.75, 3.05) is 13.2 Å². The Labute approximate surface area is 90.1 Å². The van der Waals surface area contributed by atoms with Gasteiger partial charge in [-0.1, -0.05) is 0 Å². The lowest BCUT2D eigenvalue weighted by Gasteiger charge is -2.11. The molecule has 0 saturated carbocycles. The summed E-state index contributed by atoms with van der Waals surface area (Å²) in [7, 11) is 0. The van der Waals surface area contributed by atoms with Gasteiger partial charge in [-0.05, 0) is 44.2 Å². The highest BCUT2D eigenvalue weighted by molar-refractivity contribution is 5.27. The van der Waals surface area contributed by atoms with Gasteiger partial charge in [0.1, 0.15) is 0 Å². The first-order valence-electron chi connectivity index (χ1n) is 5.78. The molecule has 2 rings (SSSR count). The summed E-state index contributed by atoms with van der Waals surface area (Å²) < 4.78 is 0. The Kier molecular flexibility index (Phi) is 3.75. The molecule has 3 N–H and O–H groups in total. The van der Waals surface area contributed by atoms with Crippen LogP contribution in [0.5, 0.6) is 0 Å². The number of nitrogens with zero attached hydrogens (tertiary/aromatic N) is 1. The average Bonchev–Trinajstić information content (AvgIpc) is 2.68. The number of aromatic amines is 1. The van der Waals surface area contributed by atoms with E-state index in [9.17, 15) is 0 Å². The van der Waals surface area contributed by atoms with Gasteiger partial charge in [-0.2, -0.15) is 5.10 Å². The topological polar surface area (TPSA) is 60.9 Å². The van der Waals surface area contributed by atoms with E-state index in [1.165, 1.54) is 36.2 Å². The van der Waals surface area contributed by atoms with Gasteiger partial charge in [0.05, 0.1) is 5.69 Å². The number of aliphatic hydroxyl groups is 1. The first-order chi connectivity index (χ1) is 7.42. The van der Waals surface area contributed by atoms with Crippen molar-refractivity contribution in [3.05, 3.63) is 17.0 Å². The molecule has 0 saturated heterocycles. The lowest BCUT2D eigenvalue weighted by Crippen LogP contribution is -2.17. The summed E-state index contributed by atoms with van der Waals surface area (Å²) in [6.45, 7) is 1.94. The number of H-pyrrole nitrogens is 1. The van der Waals surface area contributed by atoms with Crippen LogP contribution in [0.25, 0.3) is 0 Å². The Bertz CT molecular complexity index is 309. The molecule has 1 aromatic heterocycles. The molecular weight excluding hydrogens is 190 g/mol. The van der Waals surface area contributed by atoms with E-state index < -0.39 is 0 Å². The molecular formula is C11H19N3O. The fourth-order valence-electron chi connectivity index (χ4n) is 2.11. The zero-order valence-corrected chi connectivity index (χ0v) is 9.05. The van der Waals surface area contributed by atoms with Crippen LogP contribution in [0, 0.1) is 0 Å². The number of aromatic nitrogens is 2. The molecule has 15 heavy (non-hydrogen) atoms. The number of hydrogen-bond acceptors (Lipinski definition) is 3. The maximum atomic E-state index is 8.65. The number of nitrogens with one attached hydrogen (secondary N) is 2. The largest absolute Gasteiger partial charge is 0.396 e. The summed E-state index contributed by atoms with van der Waals surface area (Å²) in [5.74, 6) is 0. The zero-order valence-electron chi connectivity index (χ0n) is 9.05. The van der Waals surface area contributed by atoms with E-state index in [0.717, 1.165) is 25.9 Å².